The number of aliphatic hydroxyl groups is 1. The first-order valence-electron chi connectivity index (χ1n) is 6.13. The van der Waals surface area contributed by atoms with E-state index in [0.717, 1.165) is 24.8 Å². The molecule has 0 amide bonds. The third kappa shape index (κ3) is 2.01. The third-order valence-electron chi connectivity index (χ3n) is 4.03. The average Bonchev–Trinajstić information content (AvgIpc) is 2.47. The Morgan fingerprint density at radius 3 is 2.25 bits per heavy atom. The Morgan fingerprint density at radius 2 is 1.75 bits per heavy atom. The first-order valence-corrected chi connectivity index (χ1v) is 6.13. The minimum Gasteiger partial charge on any atom is -0.385 e. The van der Waals surface area contributed by atoms with Crippen LogP contribution in [0.1, 0.15) is 49.8 Å². The maximum absolute atomic E-state index is 10.7. The van der Waals surface area contributed by atoms with Crippen molar-refractivity contribution in [1.29, 1.82) is 0 Å². The van der Waals surface area contributed by atoms with Crippen molar-refractivity contribution in [2.45, 2.75) is 52.6 Å². The Labute approximate surface area is 98.5 Å². The van der Waals surface area contributed by atoms with Crippen LogP contribution < -0.4 is 0 Å². The molecule has 1 heteroatoms. The molecule has 0 heterocycles. The van der Waals surface area contributed by atoms with Crippen LogP contribution in [0.5, 0.6) is 0 Å². The summed E-state index contributed by atoms with van der Waals surface area (Å²) in [6, 6.07) is 6.36. The maximum atomic E-state index is 10.7. The Kier molecular flexibility index (Phi) is 2.62. The summed E-state index contributed by atoms with van der Waals surface area (Å²) in [6.07, 6.45) is 2.88. The summed E-state index contributed by atoms with van der Waals surface area (Å²) in [5, 5.41) is 10.7. The maximum Gasteiger partial charge on any atom is 0.0902 e. The first-order chi connectivity index (χ1) is 7.32. The highest BCUT2D eigenvalue weighted by Crippen LogP contribution is 2.48. The third-order valence-corrected chi connectivity index (χ3v) is 4.03. The number of hydrogen-bond donors (Lipinski definition) is 1. The molecule has 0 aliphatic heterocycles. The molecule has 1 aromatic rings. The lowest BCUT2D eigenvalue weighted by Crippen LogP contribution is -2.23. The standard InChI is InChI=1S/C15H22O/c1-11-5-6-13(9-12(11)2)15(16)8-7-14(3,4)10-15/h5-6,9,16H,7-8,10H2,1-4H3. The van der Waals surface area contributed by atoms with E-state index in [1.807, 2.05) is 0 Å². The van der Waals surface area contributed by atoms with E-state index in [0.29, 0.717) is 0 Å². The highest BCUT2D eigenvalue weighted by Gasteiger charge is 2.42. The number of rotatable bonds is 1. The monoisotopic (exact) mass is 218 g/mol. The molecule has 1 aliphatic carbocycles. The van der Waals surface area contributed by atoms with Gasteiger partial charge in [-0.3, -0.25) is 0 Å². The fourth-order valence-corrected chi connectivity index (χ4v) is 2.79. The summed E-state index contributed by atoms with van der Waals surface area (Å²) < 4.78 is 0. The zero-order chi connectivity index (χ0) is 12.0. The molecule has 0 radical (unpaired) electrons. The Hall–Kier alpha value is -0.820. The second kappa shape index (κ2) is 3.59. The summed E-state index contributed by atoms with van der Waals surface area (Å²) in [7, 11) is 0. The van der Waals surface area contributed by atoms with E-state index in [9.17, 15) is 5.11 Å². The molecule has 1 N–H and O–H groups in total. The molecular formula is C15H22O. The normalized spacial score (nSPS) is 28.3. The summed E-state index contributed by atoms with van der Waals surface area (Å²) in [5.74, 6) is 0. The van der Waals surface area contributed by atoms with Gasteiger partial charge in [-0.2, -0.15) is 0 Å². The van der Waals surface area contributed by atoms with Gasteiger partial charge in [-0.05, 0) is 55.2 Å². The van der Waals surface area contributed by atoms with Crippen LogP contribution in [0, 0.1) is 19.3 Å². The van der Waals surface area contributed by atoms with E-state index < -0.39 is 5.60 Å². The van der Waals surface area contributed by atoms with E-state index in [4.69, 9.17) is 0 Å². The van der Waals surface area contributed by atoms with Crippen LogP contribution in [0.15, 0.2) is 18.2 Å². The molecule has 1 unspecified atom stereocenters. The van der Waals surface area contributed by atoms with Gasteiger partial charge < -0.3 is 5.11 Å². The van der Waals surface area contributed by atoms with Gasteiger partial charge in [0.25, 0.3) is 0 Å². The molecule has 2 rings (SSSR count). The van der Waals surface area contributed by atoms with Crippen LogP contribution in [-0.4, -0.2) is 5.11 Å². The van der Waals surface area contributed by atoms with Gasteiger partial charge >= 0.3 is 0 Å². The SMILES string of the molecule is Cc1ccc(C2(O)CCC(C)(C)C2)cc1C. The molecule has 88 valence electrons. The van der Waals surface area contributed by atoms with Gasteiger partial charge in [0, 0.05) is 0 Å². The first kappa shape index (κ1) is 11.7. The fourth-order valence-electron chi connectivity index (χ4n) is 2.79. The van der Waals surface area contributed by atoms with Crippen molar-refractivity contribution in [1.82, 2.24) is 0 Å². The summed E-state index contributed by atoms with van der Waals surface area (Å²) in [5.41, 5.74) is 3.34. The van der Waals surface area contributed by atoms with Crippen molar-refractivity contribution in [2.24, 2.45) is 5.41 Å². The van der Waals surface area contributed by atoms with Crippen molar-refractivity contribution >= 4 is 0 Å². The molecule has 1 saturated carbocycles. The lowest BCUT2D eigenvalue weighted by atomic mass is 9.85. The molecule has 0 saturated heterocycles. The molecule has 1 nitrogen and oxygen atoms in total. The zero-order valence-corrected chi connectivity index (χ0v) is 10.8. The summed E-state index contributed by atoms with van der Waals surface area (Å²) in [6.45, 7) is 8.71. The number of aryl methyl sites for hydroxylation is 2. The Bertz CT molecular complexity index is 406. The highest BCUT2D eigenvalue weighted by atomic mass is 16.3. The minimum absolute atomic E-state index is 0.271. The lowest BCUT2D eigenvalue weighted by molar-refractivity contribution is 0.0338. The van der Waals surface area contributed by atoms with Crippen LogP contribution in [0.4, 0.5) is 0 Å². The van der Waals surface area contributed by atoms with Crippen molar-refractivity contribution in [3.05, 3.63) is 34.9 Å². The summed E-state index contributed by atoms with van der Waals surface area (Å²) >= 11 is 0. The smallest absolute Gasteiger partial charge is 0.0902 e. The second-order valence-corrected chi connectivity index (χ2v) is 6.17. The van der Waals surface area contributed by atoms with Crippen LogP contribution in [0.25, 0.3) is 0 Å². The molecule has 0 bridgehead atoms. The molecule has 1 aromatic carbocycles. The molecule has 1 atom stereocenters. The largest absolute Gasteiger partial charge is 0.385 e. The van der Waals surface area contributed by atoms with E-state index in [1.54, 1.807) is 0 Å². The van der Waals surface area contributed by atoms with Gasteiger partial charge in [0.1, 0.15) is 0 Å². The Morgan fingerprint density at radius 1 is 1.06 bits per heavy atom. The lowest BCUT2D eigenvalue weighted by Gasteiger charge is -2.26. The topological polar surface area (TPSA) is 20.2 Å². The quantitative estimate of drug-likeness (QED) is 0.762. The van der Waals surface area contributed by atoms with E-state index >= 15 is 0 Å². The second-order valence-electron chi connectivity index (χ2n) is 6.17. The number of hydrogen-bond acceptors (Lipinski definition) is 1. The zero-order valence-electron chi connectivity index (χ0n) is 10.8. The molecule has 0 spiro atoms. The molecule has 16 heavy (non-hydrogen) atoms. The van der Waals surface area contributed by atoms with Crippen molar-refractivity contribution < 1.29 is 5.11 Å². The van der Waals surface area contributed by atoms with Crippen LogP contribution in [0.3, 0.4) is 0 Å². The van der Waals surface area contributed by atoms with Crippen LogP contribution in [-0.2, 0) is 5.60 Å². The fraction of sp³-hybridized carbons (Fsp3) is 0.600. The average molecular weight is 218 g/mol. The van der Waals surface area contributed by atoms with Gasteiger partial charge in [0.2, 0.25) is 0 Å². The van der Waals surface area contributed by atoms with E-state index in [-0.39, 0.29) is 5.41 Å². The van der Waals surface area contributed by atoms with Crippen molar-refractivity contribution in [2.75, 3.05) is 0 Å². The molecular weight excluding hydrogens is 196 g/mol. The van der Waals surface area contributed by atoms with Crippen LogP contribution >= 0.6 is 0 Å². The van der Waals surface area contributed by atoms with Gasteiger partial charge in [0.15, 0.2) is 0 Å². The van der Waals surface area contributed by atoms with Crippen molar-refractivity contribution in [3.8, 4) is 0 Å². The van der Waals surface area contributed by atoms with Gasteiger partial charge in [-0.1, -0.05) is 32.0 Å². The minimum atomic E-state index is -0.595. The van der Waals surface area contributed by atoms with Gasteiger partial charge in [0.05, 0.1) is 5.60 Å². The predicted molar refractivity (Wildman–Crippen MR) is 67.4 cm³/mol. The molecule has 0 aromatic heterocycles. The van der Waals surface area contributed by atoms with Gasteiger partial charge in [-0.25, -0.2) is 0 Å². The summed E-state index contributed by atoms with van der Waals surface area (Å²) in [4.78, 5) is 0. The molecule has 1 aliphatic rings. The van der Waals surface area contributed by atoms with Crippen LogP contribution in [0.2, 0.25) is 0 Å². The van der Waals surface area contributed by atoms with E-state index in [1.165, 1.54) is 11.1 Å². The predicted octanol–water partition coefficient (Wildman–Crippen LogP) is 3.70. The molecule has 1 fully saturated rings. The van der Waals surface area contributed by atoms with Gasteiger partial charge in [-0.15, -0.1) is 0 Å². The highest BCUT2D eigenvalue weighted by molar-refractivity contribution is 5.34. The van der Waals surface area contributed by atoms with E-state index in [2.05, 4.69) is 45.9 Å². The van der Waals surface area contributed by atoms with Crippen molar-refractivity contribution in [3.63, 3.8) is 0 Å². The number of benzene rings is 1. The Balaban J connectivity index is 2.34.